The molecule has 0 heterocycles. The zero-order chi connectivity index (χ0) is 8.97. The molecule has 0 saturated carbocycles. The minimum absolute atomic E-state index is 0. The van der Waals surface area contributed by atoms with Crippen LogP contribution in [0, 0.1) is 0 Å². The predicted octanol–water partition coefficient (Wildman–Crippen LogP) is 1.62. The fourth-order valence-corrected chi connectivity index (χ4v) is 1.24. The Morgan fingerprint density at radius 3 is 2.31 bits per heavy atom. The van der Waals surface area contributed by atoms with E-state index in [0.29, 0.717) is 6.42 Å². The van der Waals surface area contributed by atoms with Crippen LogP contribution in [0.4, 0.5) is 0 Å². The predicted molar refractivity (Wildman–Crippen MR) is 54.3 cm³/mol. The number of rotatable bonds is 3. The number of carbonyl (C=O) groups is 1. The molecule has 0 aliphatic rings. The summed E-state index contributed by atoms with van der Waals surface area (Å²) in [5.74, 6) is -1.10. The van der Waals surface area contributed by atoms with Crippen molar-refractivity contribution in [2.75, 3.05) is 0 Å². The first-order valence-electron chi connectivity index (χ1n) is 4.03. The molecular formula is C10H13NaO2. The van der Waals surface area contributed by atoms with Gasteiger partial charge in [-0.15, -0.1) is 0 Å². The molecule has 2 nitrogen and oxygen atoms in total. The molecule has 0 aromatic heterocycles. The Hall–Kier alpha value is -0.310. The van der Waals surface area contributed by atoms with E-state index in [-0.39, 0.29) is 35.5 Å². The van der Waals surface area contributed by atoms with Gasteiger partial charge in [-0.1, -0.05) is 37.3 Å². The van der Waals surface area contributed by atoms with Gasteiger partial charge in [0.2, 0.25) is 0 Å². The summed E-state index contributed by atoms with van der Waals surface area (Å²) in [6.45, 7) is 1.88. The van der Waals surface area contributed by atoms with Crippen LogP contribution in [-0.4, -0.2) is 40.6 Å². The molecule has 0 bridgehead atoms. The summed E-state index contributed by atoms with van der Waals surface area (Å²) in [6, 6.07) is 9.31. The molecule has 0 spiro atoms. The van der Waals surface area contributed by atoms with Crippen molar-refractivity contribution in [3.8, 4) is 0 Å². The van der Waals surface area contributed by atoms with Gasteiger partial charge < -0.3 is 5.11 Å². The van der Waals surface area contributed by atoms with E-state index in [2.05, 4.69) is 0 Å². The van der Waals surface area contributed by atoms with Gasteiger partial charge in [0.25, 0.3) is 0 Å². The van der Waals surface area contributed by atoms with E-state index in [1.807, 2.05) is 37.3 Å². The third-order valence-electron chi connectivity index (χ3n) is 1.91. The van der Waals surface area contributed by atoms with E-state index in [0.717, 1.165) is 5.56 Å². The Labute approximate surface area is 100 Å². The average molecular weight is 188 g/mol. The molecule has 0 aliphatic carbocycles. The molecule has 13 heavy (non-hydrogen) atoms. The summed E-state index contributed by atoms with van der Waals surface area (Å²) in [5.41, 5.74) is 0.882. The van der Waals surface area contributed by atoms with Crippen molar-refractivity contribution in [3.05, 3.63) is 35.9 Å². The van der Waals surface area contributed by atoms with Crippen LogP contribution in [0.2, 0.25) is 0 Å². The van der Waals surface area contributed by atoms with Crippen molar-refractivity contribution < 1.29 is 9.90 Å². The van der Waals surface area contributed by atoms with Crippen molar-refractivity contribution in [2.24, 2.45) is 0 Å². The molecule has 0 amide bonds. The molecule has 1 aromatic carbocycles. The SMILES string of the molecule is CCC(C(=O)O)c1ccccc1.[NaH]. The van der Waals surface area contributed by atoms with Crippen LogP contribution in [0.1, 0.15) is 24.8 Å². The van der Waals surface area contributed by atoms with Crippen LogP contribution in [0.25, 0.3) is 0 Å². The Kier molecular flexibility index (Phi) is 6.04. The summed E-state index contributed by atoms with van der Waals surface area (Å²) in [7, 11) is 0. The third kappa shape index (κ3) is 3.51. The minimum atomic E-state index is -0.747. The maximum atomic E-state index is 10.7. The number of benzene rings is 1. The van der Waals surface area contributed by atoms with Crippen molar-refractivity contribution in [3.63, 3.8) is 0 Å². The zero-order valence-electron chi connectivity index (χ0n) is 7.03. The Morgan fingerprint density at radius 1 is 1.38 bits per heavy atom. The standard InChI is InChI=1S/C10H12O2.Na.H/c1-2-9(10(11)12)8-6-4-3-5-7-8;;/h3-7,9H,2H2,1H3,(H,11,12);;. The van der Waals surface area contributed by atoms with Gasteiger partial charge in [-0.05, 0) is 12.0 Å². The Morgan fingerprint density at radius 2 is 1.92 bits per heavy atom. The summed E-state index contributed by atoms with van der Waals surface area (Å²) in [5, 5.41) is 8.83. The van der Waals surface area contributed by atoms with Crippen LogP contribution >= 0.6 is 0 Å². The number of hydrogen-bond acceptors (Lipinski definition) is 1. The van der Waals surface area contributed by atoms with E-state index in [1.165, 1.54) is 0 Å². The number of carboxylic acid groups (broad SMARTS) is 1. The quantitative estimate of drug-likeness (QED) is 0.732. The molecule has 1 unspecified atom stereocenters. The van der Waals surface area contributed by atoms with E-state index in [4.69, 9.17) is 5.11 Å². The summed E-state index contributed by atoms with van der Waals surface area (Å²) < 4.78 is 0. The van der Waals surface area contributed by atoms with Crippen molar-refractivity contribution in [1.29, 1.82) is 0 Å². The average Bonchev–Trinajstić information content (AvgIpc) is 2.07. The van der Waals surface area contributed by atoms with Gasteiger partial charge in [0.1, 0.15) is 0 Å². The van der Waals surface area contributed by atoms with Crippen LogP contribution in [-0.2, 0) is 4.79 Å². The van der Waals surface area contributed by atoms with E-state index < -0.39 is 5.97 Å². The monoisotopic (exact) mass is 188 g/mol. The van der Waals surface area contributed by atoms with Gasteiger partial charge in [0.05, 0.1) is 5.92 Å². The molecule has 1 rings (SSSR count). The molecule has 0 radical (unpaired) electrons. The molecule has 66 valence electrons. The van der Waals surface area contributed by atoms with Gasteiger partial charge in [0, 0.05) is 0 Å². The summed E-state index contributed by atoms with van der Waals surface area (Å²) >= 11 is 0. The van der Waals surface area contributed by atoms with Crippen molar-refractivity contribution in [2.45, 2.75) is 19.3 Å². The van der Waals surface area contributed by atoms with Crippen LogP contribution in [0.5, 0.6) is 0 Å². The van der Waals surface area contributed by atoms with Crippen molar-refractivity contribution in [1.82, 2.24) is 0 Å². The van der Waals surface area contributed by atoms with Gasteiger partial charge in [-0.25, -0.2) is 0 Å². The second-order valence-corrected chi connectivity index (χ2v) is 2.71. The normalized spacial score (nSPS) is 11.5. The molecule has 1 aromatic rings. The first-order chi connectivity index (χ1) is 5.75. The van der Waals surface area contributed by atoms with Crippen molar-refractivity contribution >= 4 is 35.5 Å². The van der Waals surface area contributed by atoms with Crippen LogP contribution in [0.15, 0.2) is 30.3 Å². The van der Waals surface area contributed by atoms with E-state index in [9.17, 15) is 4.79 Å². The molecule has 1 N–H and O–H groups in total. The zero-order valence-corrected chi connectivity index (χ0v) is 7.03. The van der Waals surface area contributed by atoms with Crippen LogP contribution < -0.4 is 0 Å². The summed E-state index contributed by atoms with van der Waals surface area (Å²) in [4.78, 5) is 10.7. The molecule has 1 atom stereocenters. The summed E-state index contributed by atoms with van der Waals surface area (Å²) in [6.07, 6.45) is 0.638. The molecule has 0 saturated heterocycles. The number of carboxylic acids is 1. The van der Waals surface area contributed by atoms with E-state index >= 15 is 0 Å². The molecular weight excluding hydrogens is 175 g/mol. The first kappa shape index (κ1) is 12.7. The second kappa shape index (κ2) is 6.19. The number of aliphatic carboxylic acids is 1. The topological polar surface area (TPSA) is 37.3 Å². The van der Waals surface area contributed by atoms with E-state index in [1.54, 1.807) is 0 Å². The maximum absolute atomic E-state index is 10.7. The molecule has 0 aliphatic heterocycles. The van der Waals surface area contributed by atoms with Gasteiger partial charge in [-0.2, -0.15) is 0 Å². The van der Waals surface area contributed by atoms with Gasteiger partial charge in [0.15, 0.2) is 0 Å². The van der Waals surface area contributed by atoms with Gasteiger partial charge >= 0.3 is 35.5 Å². The number of hydrogen-bond donors (Lipinski definition) is 1. The molecule has 3 heteroatoms. The van der Waals surface area contributed by atoms with Gasteiger partial charge in [-0.3, -0.25) is 4.79 Å². The molecule has 0 fully saturated rings. The Bertz CT molecular complexity index is 259. The third-order valence-corrected chi connectivity index (χ3v) is 1.91. The van der Waals surface area contributed by atoms with Crippen LogP contribution in [0.3, 0.4) is 0 Å². The fraction of sp³-hybridized carbons (Fsp3) is 0.300. The fourth-order valence-electron chi connectivity index (χ4n) is 1.24. The second-order valence-electron chi connectivity index (χ2n) is 2.71. The Balaban J connectivity index is 0.00000144. The first-order valence-corrected chi connectivity index (χ1v) is 4.03.